The van der Waals surface area contributed by atoms with Crippen molar-refractivity contribution in [1.29, 1.82) is 0 Å². The van der Waals surface area contributed by atoms with Gasteiger partial charge < -0.3 is 4.74 Å². The van der Waals surface area contributed by atoms with E-state index >= 15 is 0 Å². The van der Waals surface area contributed by atoms with E-state index in [4.69, 9.17) is 21.4 Å². The fraction of sp³-hybridized carbons (Fsp3) is 0.350. The van der Waals surface area contributed by atoms with Gasteiger partial charge in [-0.25, -0.2) is 5.01 Å². The highest BCUT2D eigenvalue weighted by Gasteiger charge is 2.51. The second-order valence-corrected chi connectivity index (χ2v) is 7.35. The van der Waals surface area contributed by atoms with Crippen LogP contribution < -0.4 is 4.74 Å². The fourth-order valence-corrected chi connectivity index (χ4v) is 4.43. The van der Waals surface area contributed by atoms with Crippen molar-refractivity contribution < 1.29 is 4.74 Å². The van der Waals surface area contributed by atoms with Gasteiger partial charge in [0.1, 0.15) is 5.75 Å². The van der Waals surface area contributed by atoms with Crippen LogP contribution in [0.2, 0.25) is 5.02 Å². The predicted molar refractivity (Wildman–Crippen MR) is 95.5 cm³/mol. The molecular formula is C20H19ClN2O. The molecule has 5 rings (SSSR count). The molecule has 3 nitrogen and oxygen atoms in total. The monoisotopic (exact) mass is 338 g/mol. The average Bonchev–Trinajstić information content (AvgIpc) is 3.24. The van der Waals surface area contributed by atoms with Crippen molar-refractivity contribution >= 4 is 17.3 Å². The Labute approximate surface area is 146 Å². The molecule has 0 N–H and O–H groups in total. The van der Waals surface area contributed by atoms with Crippen LogP contribution in [0.25, 0.3) is 0 Å². The topological polar surface area (TPSA) is 24.8 Å². The van der Waals surface area contributed by atoms with Crippen LogP contribution in [-0.4, -0.2) is 16.4 Å². The van der Waals surface area contributed by atoms with Crippen LogP contribution in [0, 0.1) is 0 Å². The minimum atomic E-state index is -0.257. The zero-order chi connectivity index (χ0) is 16.1. The van der Waals surface area contributed by atoms with E-state index in [2.05, 4.69) is 41.4 Å². The SMILES string of the molecule is Clc1ccc(C2=NN3[C@@H](C2)c2ccccc2OC32CCCC2)cc1. The van der Waals surface area contributed by atoms with E-state index in [9.17, 15) is 0 Å². The van der Waals surface area contributed by atoms with Gasteiger partial charge in [-0.3, -0.25) is 0 Å². The maximum atomic E-state index is 6.50. The van der Waals surface area contributed by atoms with Crippen LogP contribution in [0.1, 0.15) is 49.3 Å². The zero-order valence-corrected chi connectivity index (χ0v) is 14.2. The first-order valence-corrected chi connectivity index (χ1v) is 9.04. The Bertz CT molecular complexity index is 809. The molecule has 1 saturated carbocycles. The van der Waals surface area contributed by atoms with Gasteiger partial charge in [0.05, 0.1) is 11.8 Å². The Kier molecular flexibility index (Phi) is 3.14. The molecular weight excluding hydrogens is 320 g/mol. The fourth-order valence-electron chi connectivity index (χ4n) is 4.30. The number of hydrogen-bond acceptors (Lipinski definition) is 3. The molecule has 0 radical (unpaired) electrons. The lowest BCUT2D eigenvalue weighted by Gasteiger charge is -2.45. The Morgan fingerprint density at radius 3 is 2.58 bits per heavy atom. The minimum Gasteiger partial charge on any atom is -0.466 e. The van der Waals surface area contributed by atoms with Crippen LogP contribution in [0.4, 0.5) is 0 Å². The third kappa shape index (κ3) is 2.07. The van der Waals surface area contributed by atoms with Gasteiger partial charge >= 0.3 is 0 Å². The summed E-state index contributed by atoms with van der Waals surface area (Å²) in [6.07, 6.45) is 5.43. The molecule has 1 spiro atoms. The highest BCUT2D eigenvalue weighted by molar-refractivity contribution is 6.30. The predicted octanol–water partition coefficient (Wildman–Crippen LogP) is 5.15. The molecule has 0 bridgehead atoms. The van der Waals surface area contributed by atoms with E-state index in [-0.39, 0.29) is 11.8 Å². The second-order valence-electron chi connectivity index (χ2n) is 6.91. The number of para-hydroxylation sites is 1. The van der Waals surface area contributed by atoms with E-state index in [0.29, 0.717) is 0 Å². The molecule has 2 aliphatic heterocycles. The molecule has 0 aromatic heterocycles. The maximum absolute atomic E-state index is 6.50. The van der Waals surface area contributed by atoms with Crippen molar-refractivity contribution in [3.63, 3.8) is 0 Å². The molecule has 24 heavy (non-hydrogen) atoms. The van der Waals surface area contributed by atoms with E-state index in [0.717, 1.165) is 41.3 Å². The molecule has 0 saturated heterocycles. The van der Waals surface area contributed by atoms with E-state index < -0.39 is 0 Å². The van der Waals surface area contributed by atoms with Gasteiger partial charge in [-0.05, 0) is 36.6 Å². The lowest BCUT2D eigenvalue weighted by Crippen LogP contribution is -2.51. The van der Waals surface area contributed by atoms with Crippen molar-refractivity contribution in [2.45, 2.75) is 43.9 Å². The third-order valence-corrected chi connectivity index (χ3v) is 5.72. The number of benzene rings is 2. The summed E-state index contributed by atoms with van der Waals surface area (Å²) in [6.45, 7) is 0. The molecule has 2 heterocycles. The summed E-state index contributed by atoms with van der Waals surface area (Å²) in [4.78, 5) is 0. The first-order valence-electron chi connectivity index (χ1n) is 8.66. The standard InChI is InChI=1S/C20H19ClN2O/c21-15-9-7-14(8-10-15)17-13-18-16-5-1-2-6-19(16)24-20(23(18)22-17)11-3-4-12-20/h1-2,5-10,18H,3-4,11-13H2/t18-/m0/s1. The second kappa shape index (κ2) is 5.25. The molecule has 2 aromatic rings. The first-order chi connectivity index (χ1) is 11.8. The van der Waals surface area contributed by atoms with Gasteiger partial charge in [0.15, 0.2) is 5.72 Å². The van der Waals surface area contributed by atoms with Gasteiger partial charge in [-0.1, -0.05) is 41.9 Å². The van der Waals surface area contributed by atoms with Crippen molar-refractivity contribution in [2.24, 2.45) is 5.10 Å². The lowest BCUT2D eigenvalue weighted by atomic mass is 9.94. The lowest BCUT2D eigenvalue weighted by molar-refractivity contribution is -0.114. The van der Waals surface area contributed by atoms with E-state index in [1.165, 1.54) is 18.4 Å². The summed E-state index contributed by atoms with van der Waals surface area (Å²) in [5.74, 6) is 1.04. The van der Waals surface area contributed by atoms with E-state index in [1.807, 2.05) is 12.1 Å². The number of nitrogens with zero attached hydrogens (tertiary/aromatic N) is 2. The number of halogens is 1. The number of rotatable bonds is 1. The molecule has 122 valence electrons. The minimum absolute atomic E-state index is 0.257. The Balaban J connectivity index is 1.59. The number of hydrogen-bond donors (Lipinski definition) is 0. The van der Waals surface area contributed by atoms with Gasteiger partial charge in [0, 0.05) is 29.8 Å². The maximum Gasteiger partial charge on any atom is 0.198 e. The van der Waals surface area contributed by atoms with Gasteiger partial charge in [0.2, 0.25) is 0 Å². The summed E-state index contributed by atoms with van der Waals surface area (Å²) in [6, 6.07) is 16.7. The number of hydrazone groups is 1. The smallest absolute Gasteiger partial charge is 0.198 e. The number of ether oxygens (including phenoxy) is 1. The van der Waals surface area contributed by atoms with Gasteiger partial charge in [0.25, 0.3) is 0 Å². The highest BCUT2D eigenvalue weighted by Crippen LogP contribution is 2.51. The summed E-state index contributed by atoms with van der Waals surface area (Å²) >= 11 is 6.04. The van der Waals surface area contributed by atoms with Crippen LogP contribution in [0.3, 0.4) is 0 Å². The average molecular weight is 339 g/mol. The Morgan fingerprint density at radius 1 is 1.04 bits per heavy atom. The summed E-state index contributed by atoms with van der Waals surface area (Å²) < 4.78 is 6.50. The van der Waals surface area contributed by atoms with Crippen LogP contribution >= 0.6 is 11.6 Å². The quantitative estimate of drug-likeness (QED) is 0.718. The van der Waals surface area contributed by atoms with E-state index in [1.54, 1.807) is 0 Å². The van der Waals surface area contributed by atoms with Crippen LogP contribution in [0.5, 0.6) is 5.75 Å². The Morgan fingerprint density at radius 2 is 1.79 bits per heavy atom. The molecule has 4 heteroatoms. The van der Waals surface area contributed by atoms with Crippen LogP contribution in [-0.2, 0) is 0 Å². The number of fused-ring (bicyclic) bond motifs is 4. The molecule has 0 unspecified atom stereocenters. The van der Waals surface area contributed by atoms with Crippen molar-refractivity contribution in [1.82, 2.24) is 5.01 Å². The van der Waals surface area contributed by atoms with Crippen molar-refractivity contribution in [3.8, 4) is 5.75 Å². The largest absolute Gasteiger partial charge is 0.466 e. The molecule has 1 atom stereocenters. The summed E-state index contributed by atoms with van der Waals surface area (Å²) in [7, 11) is 0. The molecule has 0 amide bonds. The van der Waals surface area contributed by atoms with Crippen LogP contribution in [0.15, 0.2) is 53.6 Å². The summed E-state index contributed by atoms with van der Waals surface area (Å²) in [5.41, 5.74) is 3.28. The van der Waals surface area contributed by atoms with Gasteiger partial charge in [-0.15, -0.1) is 0 Å². The van der Waals surface area contributed by atoms with Crippen molar-refractivity contribution in [2.75, 3.05) is 0 Å². The van der Waals surface area contributed by atoms with Crippen molar-refractivity contribution in [3.05, 3.63) is 64.7 Å². The third-order valence-electron chi connectivity index (χ3n) is 5.47. The molecule has 3 aliphatic rings. The molecule has 1 fully saturated rings. The molecule has 1 aliphatic carbocycles. The zero-order valence-electron chi connectivity index (χ0n) is 13.4. The summed E-state index contributed by atoms with van der Waals surface area (Å²) in [5, 5.41) is 8.04. The Hall–Kier alpha value is -2.00. The first kappa shape index (κ1) is 14.4. The molecule has 2 aromatic carbocycles. The highest BCUT2D eigenvalue weighted by atomic mass is 35.5. The normalized spacial score (nSPS) is 23.6. The van der Waals surface area contributed by atoms with Gasteiger partial charge in [-0.2, -0.15) is 5.10 Å².